The summed E-state index contributed by atoms with van der Waals surface area (Å²) in [6, 6.07) is 9.94. The second kappa shape index (κ2) is 7.08. The topological polar surface area (TPSA) is 81.6 Å². The molecule has 8 heteroatoms. The third kappa shape index (κ3) is 4.07. The van der Waals surface area contributed by atoms with Gasteiger partial charge in [0.1, 0.15) is 5.69 Å². The zero-order chi connectivity index (χ0) is 15.6. The van der Waals surface area contributed by atoms with Gasteiger partial charge in [0.15, 0.2) is 5.13 Å². The Morgan fingerprint density at radius 2 is 2.00 bits per heavy atom. The third-order valence-electron chi connectivity index (χ3n) is 3.43. The van der Waals surface area contributed by atoms with Gasteiger partial charge < -0.3 is 11.1 Å². The van der Waals surface area contributed by atoms with Crippen LogP contribution in [0, 0.1) is 0 Å². The minimum atomic E-state index is -0.300. The number of halogens is 1. The summed E-state index contributed by atoms with van der Waals surface area (Å²) in [7, 11) is 0. The maximum Gasteiger partial charge on any atom is 0.180 e. The number of hydrogen-bond donors (Lipinski definition) is 2. The van der Waals surface area contributed by atoms with E-state index in [0.29, 0.717) is 11.7 Å². The van der Waals surface area contributed by atoms with Crippen LogP contribution in [0.25, 0.3) is 5.69 Å². The zero-order valence-corrected chi connectivity index (χ0v) is 14.6. The molecule has 0 fully saturated rings. The largest absolute Gasteiger partial charge is 0.375 e. The molecule has 0 saturated carbocycles. The van der Waals surface area contributed by atoms with E-state index < -0.39 is 0 Å². The first kappa shape index (κ1) is 17.4. The van der Waals surface area contributed by atoms with Gasteiger partial charge in [-0.25, -0.2) is 9.67 Å². The first-order chi connectivity index (χ1) is 10.5. The second-order valence-electron chi connectivity index (χ2n) is 5.53. The monoisotopic (exact) mass is 350 g/mol. The van der Waals surface area contributed by atoms with Crippen LogP contribution in [0.5, 0.6) is 0 Å². The smallest absolute Gasteiger partial charge is 0.180 e. The molecular formula is C15H19ClN6S. The molecule has 0 radical (unpaired) electrons. The van der Waals surface area contributed by atoms with Crippen molar-refractivity contribution < 1.29 is 0 Å². The van der Waals surface area contributed by atoms with Crippen LogP contribution in [-0.2, 0) is 12.1 Å². The van der Waals surface area contributed by atoms with Gasteiger partial charge in [0, 0.05) is 17.6 Å². The summed E-state index contributed by atoms with van der Waals surface area (Å²) in [5.41, 5.74) is 7.23. The predicted octanol–water partition coefficient (Wildman–Crippen LogP) is 2.75. The van der Waals surface area contributed by atoms with E-state index in [9.17, 15) is 0 Å². The zero-order valence-electron chi connectivity index (χ0n) is 12.9. The van der Waals surface area contributed by atoms with Gasteiger partial charge in [-0.1, -0.05) is 23.4 Å². The van der Waals surface area contributed by atoms with Crippen LogP contribution >= 0.6 is 23.7 Å². The fourth-order valence-corrected chi connectivity index (χ4v) is 2.68. The first-order valence-corrected chi connectivity index (χ1v) is 7.80. The molecule has 0 bridgehead atoms. The fourth-order valence-electron chi connectivity index (χ4n) is 2.06. The number of nitrogens with two attached hydrogens (primary N) is 1. The number of hydrogen-bond acceptors (Lipinski definition) is 6. The van der Waals surface area contributed by atoms with Gasteiger partial charge in [0.25, 0.3) is 0 Å². The first-order valence-electron chi connectivity index (χ1n) is 6.98. The number of para-hydroxylation sites is 1. The highest BCUT2D eigenvalue weighted by molar-refractivity contribution is 7.15. The second-order valence-corrected chi connectivity index (χ2v) is 6.67. The molecule has 2 heterocycles. The highest BCUT2D eigenvalue weighted by Crippen LogP contribution is 2.21. The summed E-state index contributed by atoms with van der Waals surface area (Å²) >= 11 is 1.49. The molecule has 1 aromatic carbocycles. The summed E-state index contributed by atoms with van der Waals surface area (Å²) in [4.78, 5) is 5.16. The molecular weight excluding hydrogens is 332 g/mol. The molecule has 0 aliphatic carbocycles. The van der Waals surface area contributed by atoms with Crippen molar-refractivity contribution >= 4 is 28.9 Å². The van der Waals surface area contributed by atoms with E-state index in [1.165, 1.54) is 11.3 Å². The summed E-state index contributed by atoms with van der Waals surface area (Å²) in [5.74, 6) is 0. The van der Waals surface area contributed by atoms with Gasteiger partial charge in [-0.2, -0.15) is 0 Å². The summed E-state index contributed by atoms with van der Waals surface area (Å²) in [6.45, 7) is 4.85. The van der Waals surface area contributed by atoms with Gasteiger partial charge in [-0.3, -0.25) is 0 Å². The minimum Gasteiger partial charge on any atom is -0.375 e. The minimum absolute atomic E-state index is 0. The van der Waals surface area contributed by atoms with E-state index in [1.807, 2.05) is 36.5 Å². The van der Waals surface area contributed by atoms with Crippen LogP contribution in [0.3, 0.4) is 0 Å². The van der Waals surface area contributed by atoms with Crippen molar-refractivity contribution in [3.8, 4) is 5.69 Å². The average molecular weight is 351 g/mol. The lowest BCUT2D eigenvalue weighted by Crippen LogP contribution is -2.36. The van der Waals surface area contributed by atoms with Gasteiger partial charge in [-0.05, 0) is 26.0 Å². The van der Waals surface area contributed by atoms with Crippen molar-refractivity contribution in [1.29, 1.82) is 0 Å². The Labute approximate surface area is 145 Å². The van der Waals surface area contributed by atoms with Gasteiger partial charge in [-0.15, -0.1) is 28.8 Å². The quantitative estimate of drug-likeness (QED) is 0.739. The normalized spacial score (nSPS) is 11.2. The molecule has 2 aromatic heterocycles. The number of nitrogens with zero attached hydrogens (tertiary/aromatic N) is 4. The fraction of sp³-hybridized carbons (Fsp3) is 0.267. The van der Waals surface area contributed by atoms with Crippen molar-refractivity contribution in [2.24, 2.45) is 0 Å². The average Bonchev–Trinajstić information content (AvgIpc) is 3.15. The molecule has 6 nitrogen and oxygen atoms in total. The van der Waals surface area contributed by atoms with Crippen molar-refractivity contribution in [2.75, 3.05) is 5.73 Å². The Kier molecular flexibility index (Phi) is 5.35. The summed E-state index contributed by atoms with van der Waals surface area (Å²) < 4.78 is 1.78. The molecule has 0 spiro atoms. The summed E-state index contributed by atoms with van der Waals surface area (Å²) in [6.07, 6.45) is 3.74. The lowest BCUT2D eigenvalue weighted by molar-refractivity contribution is 0.391. The molecule has 0 aliphatic rings. The van der Waals surface area contributed by atoms with Crippen LogP contribution in [0.1, 0.15) is 24.4 Å². The number of thiazole rings is 1. The van der Waals surface area contributed by atoms with E-state index >= 15 is 0 Å². The molecule has 3 aromatic rings. The SMILES string of the molecule is CC(C)(NCc1cnc(N)s1)c1cn(-c2ccccc2)nn1.Cl. The highest BCUT2D eigenvalue weighted by atomic mass is 35.5. The van der Waals surface area contributed by atoms with Gasteiger partial charge >= 0.3 is 0 Å². The van der Waals surface area contributed by atoms with E-state index in [0.717, 1.165) is 16.3 Å². The molecule has 0 aliphatic heterocycles. The van der Waals surface area contributed by atoms with Gasteiger partial charge in [0.05, 0.1) is 17.4 Å². The number of anilines is 1. The Morgan fingerprint density at radius 1 is 1.26 bits per heavy atom. The van der Waals surface area contributed by atoms with E-state index in [2.05, 4.69) is 34.5 Å². The van der Waals surface area contributed by atoms with Crippen LogP contribution < -0.4 is 11.1 Å². The molecule has 0 saturated heterocycles. The van der Waals surface area contributed by atoms with Crippen molar-refractivity contribution in [2.45, 2.75) is 25.9 Å². The Balaban J connectivity index is 0.00000192. The number of benzene rings is 1. The van der Waals surface area contributed by atoms with E-state index in [4.69, 9.17) is 5.73 Å². The molecule has 0 atom stereocenters. The Morgan fingerprint density at radius 3 is 2.65 bits per heavy atom. The lowest BCUT2D eigenvalue weighted by Gasteiger charge is -2.23. The van der Waals surface area contributed by atoms with Crippen LogP contribution in [-0.4, -0.2) is 20.0 Å². The highest BCUT2D eigenvalue weighted by Gasteiger charge is 2.24. The van der Waals surface area contributed by atoms with E-state index in [1.54, 1.807) is 10.9 Å². The molecule has 0 unspecified atom stereocenters. The van der Waals surface area contributed by atoms with Crippen LogP contribution in [0.4, 0.5) is 5.13 Å². The number of nitrogens with one attached hydrogen (secondary N) is 1. The maximum atomic E-state index is 5.65. The van der Waals surface area contributed by atoms with E-state index in [-0.39, 0.29) is 17.9 Å². The van der Waals surface area contributed by atoms with Crippen molar-refractivity contribution in [3.63, 3.8) is 0 Å². The lowest BCUT2D eigenvalue weighted by atomic mass is 10.0. The predicted molar refractivity (Wildman–Crippen MR) is 95.0 cm³/mol. The molecule has 3 N–H and O–H groups in total. The third-order valence-corrected chi connectivity index (χ3v) is 4.26. The molecule has 23 heavy (non-hydrogen) atoms. The molecule has 0 amide bonds. The Hall–Kier alpha value is -1.96. The standard InChI is InChI=1S/C15H18N6S.ClH/c1-15(2,18-9-12-8-17-14(16)22-12)13-10-21(20-19-13)11-6-4-3-5-7-11;/h3-8,10,18H,9H2,1-2H3,(H2,16,17);1H. The Bertz CT molecular complexity index is 752. The number of rotatable bonds is 5. The van der Waals surface area contributed by atoms with Gasteiger partial charge in [0.2, 0.25) is 0 Å². The number of nitrogen functional groups attached to an aromatic ring is 1. The number of aromatic nitrogens is 4. The van der Waals surface area contributed by atoms with Crippen molar-refractivity contribution in [3.05, 3.63) is 53.3 Å². The molecule has 122 valence electrons. The summed E-state index contributed by atoms with van der Waals surface area (Å²) in [5, 5.41) is 12.6. The van der Waals surface area contributed by atoms with Crippen LogP contribution in [0.2, 0.25) is 0 Å². The maximum absolute atomic E-state index is 5.65. The van der Waals surface area contributed by atoms with Crippen LogP contribution in [0.15, 0.2) is 42.7 Å². The molecule has 3 rings (SSSR count). The van der Waals surface area contributed by atoms with Crippen molar-refractivity contribution in [1.82, 2.24) is 25.3 Å².